The van der Waals surface area contributed by atoms with Gasteiger partial charge in [-0.3, -0.25) is 0 Å². The number of carbonyl (C=O) groups is 1. The summed E-state index contributed by atoms with van der Waals surface area (Å²) in [4.78, 5) is 14.5. The number of anilines is 1. The molecule has 6 heteroatoms. The van der Waals surface area contributed by atoms with Gasteiger partial charge < -0.3 is 25.0 Å². The topological polar surface area (TPSA) is 62.8 Å². The third-order valence-corrected chi connectivity index (χ3v) is 5.02. The molecule has 0 aromatic heterocycles. The number of amides is 2. The van der Waals surface area contributed by atoms with Gasteiger partial charge in [0.05, 0.1) is 0 Å². The average molecular weight is 367 g/mol. The molecule has 27 heavy (non-hydrogen) atoms. The fraction of sp³-hybridized carbons (Fsp3) is 0.381. The third-order valence-electron chi connectivity index (χ3n) is 5.02. The minimum atomic E-state index is -0.136. The smallest absolute Gasteiger partial charge is 0.315 e. The summed E-state index contributed by atoms with van der Waals surface area (Å²) in [6.07, 6.45) is 1.09. The highest BCUT2D eigenvalue weighted by Crippen LogP contribution is 2.30. The monoisotopic (exact) mass is 367 g/mol. The molecule has 0 spiro atoms. The van der Waals surface area contributed by atoms with Crippen LogP contribution in [0, 0.1) is 5.92 Å². The Morgan fingerprint density at radius 3 is 2.70 bits per heavy atom. The lowest BCUT2D eigenvalue weighted by molar-refractivity contribution is 0.171. The van der Waals surface area contributed by atoms with Crippen LogP contribution in [-0.2, 0) is 6.54 Å². The SMILES string of the molecule is O=C(NCc1ccc2c(c1)OCCO2)NCC1CCN(c2ccccc2)C1. The van der Waals surface area contributed by atoms with Crippen LogP contribution in [0.15, 0.2) is 48.5 Å². The highest BCUT2D eigenvalue weighted by atomic mass is 16.6. The van der Waals surface area contributed by atoms with Crippen molar-refractivity contribution in [3.8, 4) is 11.5 Å². The quantitative estimate of drug-likeness (QED) is 0.853. The molecule has 1 atom stereocenters. The van der Waals surface area contributed by atoms with E-state index in [1.165, 1.54) is 5.69 Å². The van der Waals surface area contributed by atoms with E-state index in [9.17, 15) is 4.79 Å². The summed E-state index contributed by atoms with van der Waals surface area (Å²) in [6.45, 7) is 4.31. The maximum absolute atomic E-state index is 12.1. The van der Waals surface area contributed by atoms with Crippen molar-refractivity contribution in [2.24, 2.45) is 5.92 Å². The molecule has 2 N–H and O–H groups in total. The second kappa shape index (κ2) is 8.20. The zero-order chi connectivity index (χ0) is 18.5. The maximum atomic E-state index is 12.1. The van der Waals surface area contributed by atoms with Crippen LogP contribution >= 0.6 is 0 Å². The number of benzene rings is 2. The summed E-state index contributed by atoms with van der Waals surface area (Å²) >= 11 is 0. The predicted octanol–water partition coefficient (Wildman–Crippen LogP) is 2.78. The van der Waals surface area contributed by atoms with Gasteiger partial charge in [-0.2, -0.15) is 0 Å². The van der Waals surface area contributed by atoms with Gasteiger partial charge >= 0.3 is 6.03 Å². The van der Waals surface area contributed by atoms with Gasteiger partial charge in [-0.15, -0.1) is 0 Å². The number of ether oxygens (including phenoxy) is 2. The Labute approximate surface area is 159 Å². The summed E-state index contributed by atoms with van der Waals surface area (Å²) in [5.74, 6) is 1.98. The molecule has 2 aromatic carbocycles. The van der Waals surface area contributed by atoms with E-state index >= 15 is 0 Å². The van der Waals surface area contributed by atoms with Gasteiger partial charge in [0.1, 0.15) is 13.2 Å². The number of carbonyl (C=O) groups excluding carboxylic acids is 1. The number of urea groups is 1. The van der Waals surface area contributed by atoms with E-state index in [-0.39, 0.29) is 6.03 Å². The number of hydrogen-bond acceptors (Lipinski definition) is 4. The number of para-hydroxylation sites is 1. The maximum Gasteiger partial charge on any atom is 0.315 e. The normalized spacial score (nSPS) is 18.2. The molecule has 2 aromatic rings. The Kier molecular flexibility index (Phi) is 5.32. The van der Waals surface area contributed by atoms with Crippen LogP contribution in [0.3, 0.4) is 0 Å². The first-order valence-corrected chi connectivity index (χ1v) is 9.48. The summed E-state index contributed by atoms with van der Waals surface area (Å²) in [5, 5.41) is 5.91. The van der Waals surface area contributed by atoms with Crippen LogP contribution < -0.4 is 25.0 Å². The molecule has 1 fully saturated rings. The summed E-state index contributed by atoms with van der Waals surface area (Å²) < 4.78 is 11.1. The molecule has 0 radical (unpaired) electrons. The number of fused-ring (bicyclic) bond motifs is 1. The third kappa shape index (κ3) is 4.45. The first kappa shape index (κ1) is 17.5. The first-order valence-electron chi connectivity index (χ1n) is 9.48. The van der Waals surface area contributed by atoms with Crippen molar-refractivity contribution in [1.29, 1.82) is 0 Å². The molecule has 142 valence electrons. The van der Waals surface area contributed by atoms with Crippen molar-refractivity contribution in [2.75, 3.05) is 37.7 Å². The Morgan fingerprint density at radius 2 is 1.85 bits per heavy atom. The minimum Gasteiger partial charge on any atom is -0.486 e. The van der Waals surface area contributed by atoms with E-state index in [1.54, 1.807) is 0 Å². The summed E-state index contributed by atoms with van der Waals surface area (Å²) in [6, 6.07) is 16.0. The van der Waals surface area contributed by atoms with Gasteiger partial charge in [-0.25, -0.2) is 4.79 Å². The molecular formula is C21H25N3O3. The molecule has 0 aliphatic carbocycles. The van der Waals surface area contributed by atoms with E-state index < -0.39 is 0 Å². The number of rotatable bonds is 5. The number of nitrogens with zero attached hydrogens (tertiary/aromatic N) is 1. The second-order valence-corrected chi connectivity index (χ2v) is 6.98. The van der Waals surface area contributed by atoms with E-state index in [4.69, 9.17) is 9.47 Å². The standard InChI is InChI=1S/C21H25N3O3/c25-21(22-13-16-6-7-19-20(12-16)27-11-10-26-19)23-14-17-8-9-24(15-17)18-4-2-1-3-5-18/h1-7,12,17H,8-11,13-15H2,(H2,22,23,25). The predicted molar refractivity (Wildman–Crippen MR) is 104 cm³/mol. The lowest BCUT2D eigenvalue weighted by atomic mass is 10.1. The summed E-state index contributed by atoms with van der Waals surface area (Å²) in [5.41, 5.74) is 2.24. The fourth-order valence-electron chi connectivity index (χ4n) is 3.55. The van der Waals surface area contributed by atoms with Gasteiger partial charge in [0.25, 0.3) is 0 Å². The molecule has 2 aliphatic heterocycles. The van der Waals surface area contributed by atoms with Gasteiger partial charge in [-0.05, 0) is 42.2 Å². The van der Waals surface area contributed by atoms with Crippen molar-refractivity contribution >= 4 is 11.7 Å². The van der Waals surface area contributed by atoms with Gasteiger partial charge in [0.2, 0.25) is 0 Å². The van der Waals surface area contributed by atoms with E-state index in [2.05, 4.69) is 39.8 Å². The van der Waals surface area contributed by atoms with Crippen LogP contribution in [0.1, 0.15) is 12.0 Å². The molecule has 0 bridgehead atoms. The van der Waals surface area contributed by atoms with Gasteiger partial charge in [-0.1, -0.05) is 24.3 Å². The molecule has 2 heterocycles. The zero-order valence-electron chi connectivity index (χ0n) is 15.3. The fourth-order valence-corrected chi connectivity index (χ4v) is 3.55. The van der Waals surface area contributed by atoms with Crippen molar-refractivity contribution in [3.63, 3.8) is 0 Å². The molecular weight excluding hydrogens is 342 g/mol. The molecule has 1 saturated heterocycles. The number of hydrogen-bond donors (Lipinski definition) is 2. The zero-order valence-corrected chi connectivity index (χ0v) is 15.3. The average Bonchev–Trinajstić information content (AvgIpc) is 3.20. The summed E-state index contributed by atoms with van der Waals surface area (Å²) in [7, 11) is 0. The molecule has 2 amide bonds. The molecule has 6 nitrogen and oxygen atoms in total. The van der Waals surface area contributed by atoms with Crippen molar-refractivity contribution in [2.45, 2.75) is 13.0 Å². The van der Waals surface area contributed by atoms with Crippen LogP contribution in [0.4, 0.5) is 10.5 Å². The van der Waals surface area contributed by atoms with Crippen LogP contribution in [0.2, 0.25) is 0 Å². The van der Waals surface area contributed by atoms with E-state index in [0.29, 0.717) is 32.2 Å². The number of nitrogens with one attached hydrogen (secondary N) is 2. The highest BCUT2D eigenvalue weighted by molar-refractivity contribution is 5.73. The Balaban J connectivity index is 1.20. The van der Waals surface area contributed by atoms with E-state index in [0.717, 1.165) is 36.6 Å². The minimum absolute atomic E-state index is 0.136. The first-order chi connectivity index (χ1) is 13.3. The van der Waals surface area contributed by atoms with Crippen LogP contribution in [-0.4, -0.2) is 38.9 Å². The lowest BCUT2D eigenvalue weighted by Gasteiger charge is -2.19. The van der Waals surface area contributed by atoms with Crippen LogP contribution in [0.25, 0.3) is 0 Å². The Hall–Kier alpha value is -2.89. The second-order valence-electron chi connectivity index (χ2n) is 6.98. The highest BCUT2D eigenvalue weighted by Gasteiger charge is 2.23. The molecule has 1 unspecified atom stereocenters. The molecule has 2 aliphatic rings. The van der Waals surface area contributed by atoms with Crippen LogP contribution in [0.5, 0.6) is 11.5 Å². The molecule has 4 rings (SSSR count). The lowest BCUT2D eigenvalue weighted by Crippen LogP contribution is -2.38. The van der Waals surface area contributed by atoms with Crippen molar-refractivity contribution in [1.82, 2.24) is 10.6 Å². The van der Waals surface area contributed by atoms with E-state index in [1.807, 2.05) is 24.3 Å². The largest absolute Gasteiger partial charge is 0.486 e. The Morgan fingerprint density at radius 1 is 1.04 bits per heavy atom. The van der Waals surface area contributed by atoms with Crippen molar-refractivity contribution in [3.05, 3.63) is 54.1 Å². The van der Waals surface area contributed by atoms with Crippen molar-refractivity contribution < 1.29 is 14.3 Å². The van der Waals surface area contributed by atoms with Gasteiger partial charge in [0, 0.05) is 31.9 Å². The molecule has 0 saturated carbocycles. The Bertz CT molecular complexity index is 781. The van der Waals surface area contributed by atoms with Gasteiger partial charge in [0.15, 0.2) is 11.5 Å².